The van der Waals surface area contributed by atoms with Crippen LogP contribution in [0.15, 0.2) is 48.8 Å². The monoisotopic (exact) mass is 241 g/mol. The number of ketones is 1. The van der Waals surface area contributed by atoms with Gasteiger partial charge in [0.15, 0.2) is 5.78 Å². The molecular weight excluding hydrogens is 229 g/mol. The standard InChI is InChI=1S/C15H12FNO/c1-11(18)15(10-12-6-8-17-9-7-12)13-2-4-14(16)5-3-13/h2-10H,1H3/b15-10-. The van der Waals surface area contributed by atoms with Crippen LogP contribution in [-0.4, -0.2) is 10.8 Å². The Bertz CT molecular complexity index is 573. The van der Waals surface area contributed by atoms with Crippen molar-refractivity contribution in [1.82, 2.24) is 4.98 Å². The molecule has 0 bridgehead atoms. The largest absolute Gasteiger partial charge is 0.294 e. The van der Waals surface area contributed by atoms with E-state index in [0.29, 0.717) is 11.1 Å². The molecule has 0 unspecified atom stereocenters. The summed E-state index contributed by atoms with van der Waals surface area (Å²) in [7, 11) is 0. The van der Waals surface area contributed by atoms with Gasteiger partial charge in [-0.3, -0.25) is 9.78 Å². The molecule has 3 heteroatoms. The highest BCUT2D eigenvalue weighted by Gasteiger charge is 2.07. The number of Topliss-reactive ketones (excluding diaryl/α,β-unsaturated/α-hetero) is 1. The molecule has 0 aliphatic heterocycles. The lowest BCUT2D eigenvalue weighted by Gasteiger charge is -2.04. The number of hydrogen-bond donors (Lipinski definition) is 0. The van der Waals surface area contributed by atoms with Crippen LogP contribution in [-0.2, 0) is 4.79 Å². The summed E-state index contributed by atoms with van der Waals surface area (Å²) in [5.41, 5.74) is 2.15. The topological polar surface area (TPSA) is 30.0 Å². The third-order valence-corrected chi connectivity index (χ3v) is 2.55. The van der Waals surface area contributed by atoms with Crippen molar-refractivity contribution < 1.29 is 9.18 Å². The summed E-state index contributed by atoms with van der Waals surface area (Å²) in [6.07, 6.45) is 5.10. The number of hydrogen-bond acceptors (Lipinski definition) is 2. The van der Waals surface area contributed by atoms with E-state index in [-0.39, 0.29) is 11.6 Å². The first kappa shape index (κ1) is 12.2. The Morgan fingerprint density at radius 3 is 2.28 bits per heavy atom. The third kappa shape index (κ3) is 2.88. The number of aromatic nitrogens is 1. The minimum absolute atomic E-state index is 0.0570. The minimum atomic E-state index is -0.314. The fourth-order valence-electron chi connectivity index (χ4n) is 1.64. The summed E-state index contributed by atoms with van der Waals surface area (Å²) >= 11 is 0. The van der Waals surface area contributed by atoms with E-state index in [1.807, 2.05) is 12.1 Å². The van der Waals surface area contributed by atoms with Crippen molar-refractivity contribution in [2.45, 2.75) is 6.92 Å². The molecule has 1 heterocycles. The Balaban J connectivity index is 2.44. The average Bonchev–Trinajstić information content (AvgIpc) is 2.38. The summed E-state index contributed by atoms with van der Waals surface area (Å²) < 4.78 is 12.9. The van der Waals surface area contributed by atoms with E-state index in [9.17, 15) is 9.18 Å². The molecule has 0 fully saturated rings. The van der Waals surface area contributed by atoms with Crippen molar-refractivity contribution in [1.29, 1.82) is 0 Å². The van der Waals surface area contributed by atoms with Gasteiger partial charge in [0.1, 0.15) is 5.82 Å². The van der Waals surface area contributed by atoms with Crippen LogP contribution in [0.1, 0.15) is 18.1 Å². The summed E-state index contributed by atoms with van der Waals surface area (Å²) in [6, 6.07) is 9.52. The molecule has 0 aliphatic carbocycles. The Hall–Kier alpha value is -2.29. The molecule has 1 aromatic carbocycles. The lowest BCUT2D eigenvalue weighted by Crippen LogP contribution is -1.96. The molecular formula is C15H12FNO. The van der Waals surface area contributed by atoms with Crippen molar-refractivity contribution in [2.24, 2.45) is 0 Å². The second kappa shape index (κ2) is 5.36. The van der Waals surface area contributed by atoms with E-state index in [4.69, 9.17) is 0 Å². The quantitative estimate of drug-likeness (QED) is 0.771. The fourth-order valence-corrected chi connectivity index (χ4v) is 1.64. The fraction of sp³-hybridized carbons (Fsp3) is 0.0667. The Kier molecular flexibility index (Phi) is 3.63. The lowest BCUT2D eigenvalue weighted by molar-refractivity contribution is -0.111. The van der Waals surface area contributed by atoms with Gasteiger partial charge in [-0.1, -0.05) is 12.1 Å². The molecule has 0 amide bonds. The van der Waals surface area contributed by atoms with E-state index in [1.165, 1.54) is 19.1 Å². The molecule has 2 aromatic rings. The van der Waals surface area contributed by atoms with E-state index in [1.54, 1.807) is 30.6 Å². The molecule has 0 saturated heterocycles. The molecule has 0 spiro atoms. The van der Waals surface area contributed by atoms with Crippen LogP contribution in [0.3, 0.4) is 0 Å². The van der Waals surface area contributed by atoms with E-state index in [2.05, 4.69) is 4.98 Å². The summed E-state index contributed by atoms with van der Waals surface area (Å²) in [5.74, 6) is -0.371. The van der Waals surface area contributed by atoms with Crippen molar-refractivity contribution in [3.8, 4) is 0 Å². The first-order valence-electron chi connectivity index (χ1n) is 5.55. The lowest BCUT2D eigenvalue weighted by atomic mass is 10.00. The van der Waals surface area contributed by atoms with E-state index in [0.717, 1.165) is 5.56 Å². The number of carbonyl (C=O) groups excluding carboxylic acids is 1. The Labute approximate surface area is 105 Å². The third-order valence-electron chi connectivity index (χ3n) is 2.55. The van der Waals surface area contributed by atoms with Crippen LogP contribution in [0.4, 0.5) is 4.39 Å². The van der Waals surface area contributed by atoms with Crippen LogP contribution in [0.5, 0.6) is 0 Å². The number of nitrogens with zero attached hydrogens (tertiary/aromatic N) is 1. The molecule has 1 aromatic heterocycles. The molecule has 2 rings (SSSR count). The highest BCUT2D eigenvalue weighted by Crippen LogP contribution is 2.19. The molecule has 90 valence electrons. The Morgan fingerprint density at radius 2 is 1.72 bits per heavy atom. The van der Waals surface area contributed by atoms with Gasteiger partial charge in [0.2, 0.25) is 0 Å². The van der Waals surface area contributed by atoms with Gasteiger partial charge in [-0.05, 0) is 48.4 Å². The molecule has 0 aliphatic rings. The minimum Gasteiger partial charge on any atom is -0.294 e. The van der Waals surface area contributed by atoms with Crippen LogP contribution < -0.4 is 0 Å². The molecule has 0 radical (unpaired) electrons. The van der Waals surface area contributed by atoms with Crippen LogP contribution in [0.2, 0.25) is 0 Å². The van der Waals surface area contributed by atoms with Gasteiger partial charge in [0, 0.05) is 18.0 Å². The van der Waals surface area contributed by atoms with Crippen molar-refractivity contribution in [2.75, 3.05) is 0 Å². The molecule has 2 nitrogen and oxygen atoms in total. The SMILES string of the molecule is CC(=O)/C(=C/c1ccncc1)c1ccc(F)cc1. The van der Waals surface area contributed by atoms with E-state index >= 15 is 0 Å². The molecule has 0 atom stereocenters. The average molecular weight is 241 g/mol. The van der Waals surface area contributed by atoms with Gasteiger partial charge in [0.25, 0.3) is 0 Å². The van der Waals surface area contributed by atoms with Crippen molar-refractivity contribution in [3.05, 3.63) is 65.7 Å². The second-order valence-electron chi connectivity index (χ2n) is 3.90. The van der Waals surface area contributed by atoms with E-state index < -0.39 is 0 Å². The first-order chi connectivity index (χ1) is 8.66. The summed E-state index contributed by atoms with van der Waals surface area (Å²) in [6.45, 7) is 1.50. The van der Waals surface area contributed by atoms with Gasteiger partial charge < -0.3 is 0 Å². The maximum absolute atomic E-state index is 12.9. The summed E-state index contributed by atoms with van der Waals surface area (Å²) in [5, 5.41) is 0. The second-order valence-corrected chi connectivity index (χ2v) is 3.90. The zero-order valence-electron chi connectivity index (χ0n) is 9.93. The van der Waals surface area contributed by atoms with Crippen LogP contribution in [0, 0.1) is 5.82 Å². The zero-order valence-corrected chi connectivity index (χ0v) is 9.93. The van der Waals surface area contributed by atoms with Gasteiger partial charge in [0.05, 0.1) is 0 Å². The highest BCUT2D eigenvalue weighted by molar-refractivity contribution is 6.24. The zero-order chi connectivity index (χ0) is 13.0. The van der Waals surface area contributed by atoms with Crippen LogP contribution >= 0.6 is 0 Å². The van der Waals surface area contributed by atoms with Gasteiger partial charge in [-0.25, -0.2) is 4.39 Å². The normalized spacial score (nSPS) is 11.3. The predicted octanol–water partition coefficient (Wildman–Crippen LogP) is 3.35. The van der Waals surface area contributed by atoms with Crippen molar-refractivity contribution >= 4 is 17.4 Å². The smallest absolute Gasteiger partial charge is 0.160 e. The number of carbonyl (C=O) groups is 1. The maximum atomic E-state index is 12.9. The number of rotatable bonds is 3. The number of benzene rings is 1. The summed E-state index contributed by atoms with van der Waals surface area (Å²) in [4.78, 5) is 15.6. The van der Waals surface area contributed by atoms with Gasteiger partial charge in [-0.2, -0.15) is 0 Å². The molecule has 18 heavy (non-hydrogen) atoms. The van der Waals surface area contributed by atoms with Crippen molar-refractivity contribution in [3.63, 3.8) is 0 Å². The molecule has 0 N–H and O–H groups in total. The van der Waals surface area contributed by atoms with Gasteiger partial charge in [-0.15, -0.1) is 0 Å². The number of halogens is 1. The highest BCUT2D eigenvalue weighted by atomic mass is 19.1. The predicted molar refractivity (Wildman–Crippen MR) is 69.2 cm³/mol. The Morgan fingerprint density at radius 1 is 1.11 bits per heavy atom. The molecule has 0 saturated carbocycles. The van der Waals surface area contributed by atoms with Crippen LogP contribution in [0.25, 0.3) is 11.6 Å². The number of pyridine rings is 1. The van der Waals surface area contributed by atoms with Gasteiger partial charge >= 0.3 is 0 Å². The maximum Gasteiger partial charge on any atom is 0.160 e. The number of allylic oxidation sites excluding steroid dienone is 1. The first-order valence-corrected chi connectivity index (χ1v) is 5.55.